The van der Waals surface area contributed by atoms with E-state index in [1.807, 2.05) is 0 Å². The minimum atomic E-state index is -0.364. The van der Waals surface area contributed by atoms with Gasteiger partial charge in [-0.2, -0.15) is 5.10 Å². The zero-order chi connectivity index (χ0) is 12.4. The van der Waals surface area contributed by atoms with Crippen LogP contribution in [0.25, 0.3) is 0 Å². The standard InChI is InChI=1S/C10H10ClN5O/c1-16-9(7(12)5-14-16)15-10(17)8-3-2-6(11)4-13-8/h2-5H,12H2,1H3,(H,15,17). The second kappa shape index (κ2) is 4.42. The molecule has 1 amide bonds. The van der Waals surface area contributed by atoms with Crippen molar-refractivity contribution in [1.82, 2.24) is 14.8 Å². The van der Waals surface area contributed by atoms with Crippen molar-refractivity contribution in [3.63, 3.8) is 0 Å². The fraction of sp³-hybridized carbons (Fsp3) is 0.100. The summed E-state index contributed by atoms with van der Waals surface area (Å²) in [6.07, 6.45) is 2.87. The number of nitrogen functional groups attached to an aromatic ring is 1. The molecule has 0 saturated carbocycles. The summed E-state index contributed by atoms with van der Waals surface area (Å²) in [5.74, 6) is 0.0729. The van der Waals surface area contributed by atoms with Crippen molar-refractivity contribution in [1.29, 1.82) is 0 Å². The molecule has 0 radical (unpaired) electrons. The number of halogens is 1. The number of nitrogens with one attached hydrogen (secondary N) is 1. The fourth-order valence-corrected chi connectivity index (χ4v) is 1.40. The Labute approximate surface area is 102 Å². The molecule has 2 heterocycles. The fourth-order valence-electron chi connectivity index (χ4n) is 1.29. The van der Waals surface area contributed by atoms with Gasteiger partial charge in [-0.3, -0.25) is 9.48 Å². The Morgan fingerprint density at radius 1 is 1.47 bits per heavy atom. The molecule has 0 aliphatic carbocycles. The monoisotopic (exact) mass is 251 g/mol. The third-order valence-electron chi connectivity index (χ3n) is 2.16. The molecular formula is C10H10ClN5O. The number of carbonyl (C=O) groups excluding carboxylic acids is 1. The maximum Gasteiger partial charge on any atom is 0.275 e. The van der Waals surface area contributed by atoms with Crippen LogP contribution in [0.5, 0.6) is 0 Å². The third kappa shape index (κ3) is 2.36. The first-order chi connectivity index (χ1) is 8.08. The maximum absolute atomic E-state index is 11.8. The Kier molecular flexibility index (Phi) is 2.97. The highest BCUT2D eigenvalue weighted by atomic mass is 35.5. The van der Waals surface area contributed by atoms with Crippen LogP contribution in [-0.2, 0) is 7.05 Å². The summed E-state index contributed by atoms with van der Waals surface area (Å²) in [4.78, 5) is 15.7. The van der Waals surface area contributed by atoms with E-state index < -0.39 is 0 Å². The quantitative estimate of drug-likeness (QED) is 0.842. The van der Waals surface area contributed by atoms with Crippen molar-refractivity contribution < 1.29 is 4.79 Å². The number of aryl methyl sites for hydroxylation is 1. The summed E-state index contributed by atoms with van der Waals surface area (Å²) >= 11 is 5.68. The molecule has 0 aliphatic heterocycles. The van der Waals surface area contributed by atoms with Crippen LogP contribution in [0.4, 0.5) is 11.5 Å². The largest absolute Gasteiger partial charge is 0.394 e. The van der Waals surface area contributed by atoms with Crippen LogP contribution in [0.2, 0.25) is 5.02 Å². The van der Waals surface area contributed by atoms with Gasteiger partial charge in [0.2, 0.25) is 0 Å². The van der Waals surface area contributed by atoms with Gasteiger partial charge in [0.25, 0.3) is 5.91 Å². The van der Waals surface area contributed by atoms with E-state index in [2.05, 4.69) is 15.4 Å². The SMILES string of the molecule is Cn1ncc(N)c1NC(=O)c1ccc(Cl)cn1. The van der Waals surface area contributed by atoms with E-state index in [1.165, 1.54) is 23.1 Å². The molecule has 2 rings (SSSR count). The Morgan fingerprint density at radius 3 is 2.76 bits per heavy atom. The maximum atomic E-state index is 11.8. The highest BCUT2D eigenvalue weighted by Gasteiger charge is 2.12. The number of aromatic nitrogens is 3. The lowest BCUT2D eigenvalue weighted by Gasteiger charge is -2.05. The van der Waals surface area contributed by atoms with Crippen LogP contribution in [0.1, 0.15) is 10.5 Å². The smallest absolute Gasteiger partial charge is 0.275 e. The Balaban J connectivity index is 2.20. The van der Waals surface area contributed by atoms with E-state index >= 15 is 0 Å². The van der Waals surface area contributed by atoms with Crippen LogP contribution in [-0.4, -0.2) is 20.7 Å². The lowest BCUT2D eigenvalue weighted by molar-refractivity contribution is 0.102. The van der Waals surface area contributed by atoms with E-state index in [1.54, 1.807) is 13.1 Å². The zero-order valence-electron chi connectivity index (χ0n) is 9.01. The second-order valence-corrected chi connectivity index (χ2v) is 3.82. The molecular weight excluding hydrogens is 242 g/mol. The number of pyridine rings is 1. The molecule has 0 aliphatic rings. The van der Waals surface area contributed by atoms with Crippen LogP contribution in [0.3, 0.4) is 0 Å². The van der Waals surface area contributed by atoms with Gasteiger partial charge in [0, 0.05) is 13.2 Å². The van der Waals surface area contributed by atoms with E-state index in [0.717, 1.165) is 0 Å². The Bertz CT molecular complexity index is 529. The normalized spacial score (nSPS) is 10.2. The summed E-state index contributed by atoms with van der Waals surface area (Å²) in [6, 6.07) is 3.13. The Morgan fingerprint density at radius 2 is 2.24 bits per heavy atom. The molecule has 0 unspecified atom stereocenters. The van der Waals surface area contributed by atoms with Crippen molar-refractivity contribution in [3.8, 4) is 0 Å². The average molecular weight is 252 g/mol. The number of nitrogens with two attached hydrogens (primary N) is 1. The first kappa shape index (κ1) is 11.4. The van der Waals surface area contributed by atoms with E-state index in [9.17, 15) is 4.79 Å². The molecule has 3 N–H and O–H groups in total. The van der Waals surface area contributed by atoms with Gasteiger partial charge in [-0.05, 0) is 12.1 Å². The summed E-state index contributed by atoms with van der Waals surface area (Å²) < 4.78 is 1.48. The van der Waals surface area contributed by atoms with Crippen LogP contribution < -0.4 is 11.1 Å². The lowest BCUT2D eigenvalue weighted by Crippen LogP contribution is -2.16. The first-order valence-corrected chi connectivity index (χ1v) is 5.16. The Hall–Kier alpha value is -2.08. The summed E-state index contributed by atoms with van der Waals surface area (Å²) in [6.45, 7) is 0. The van der Waals surface area contributed by atoms with Crippen LogP contribution in [0.15, 0.2) is 24.5 Å². The number of amides is 1. The van der Waals surface area contributed by atoms with Crippen LogP contribution in [0, 0.1) is 0 Å². The van der Waals surface area contributed by atoms with Crippen molar-refractivity contribution >= 4 is 29.0 Å². The van der Waals surface area contributed by atoms with Gasteiger partial charge in [-0.25, -0.2) is 4.98 Å². The van der Waals surface area contributed by atoms with Gasteiger partial charge >= 0.3 is 0 Å². The van der Waals surface area contributed by atoms with Gasteiger partial charge in [-0.15, -0.1) is 0 Å². The van der Waals surface area contributed by atoms with E-state index in [4.69, 9.17) is 17.3 Å². The van der Waals surface area contributed by atoms with Crippen LogP contribution >= 0.6 is 11.6 Å². The zero-order valence-corrected chi connectivity index (χ0v) is 9.77. The number of rotatable bonds is 2. The number of hydrogen-bond donors (Lipinski definition) is 2. The molecule has 17 heavy (non-hydrogen) atoms. The lowest BCUT2D eigenvalue weighted by atomic mass is 10.3. The third-order valence-corrected chi connectivity index (χ3v) is 2.38. The van der Waals surface area contributed by atoms with E-state index in [-0.39, 0.29) is 11.6 Å². The molecule has 0 fully saturated rings. The highest BCUT2D eigenvalue weighted by Crippen LogP contribution is 2.16. The highest BCUT2D eigenvalue weighted by molar-refractivity contribution is 6.30. The average Bonchev–Trinajstić information content (AvgIpc) is 2.61. The number of nitrogens with zero attached hydrogens (tertiary/aromatic N) is 3. The number of carbonyl (C=O) groups is 1. The van der Waals surface area contributed by atoms with Gasteiger partial charge in [-0.1, -0.05) is 11.6 Å². The topological polar surface area (TPSA) is 85.8 Å². The molecule has 0 aromatic carbocycles. The number of anilines is 2. The van der Waals surface area contributed by atoms with Crippen molar-refractivity contribution in [3.05, 3.63) is 35.2 Å². The summed E-state index contributed by atoms with van der Waals surface area (Å²) in [7, 11) is 1.68. The summed E-state index contributed by atoms with van der Waals surface area (Å²) in [5, 5.41) is 7.01. The van der Waals surface area contributed by atoms with Gasteiger partial charge in [0.15, 0.2) is 5.82 Å². The second-order valence-electron chi connectivity index (χ2n) is 3.39. The van der Waals surface area contributed by atoms with Crippen molar-refractivity contribution in [2.24, 2.45) is 7.05 Å². The van der Waals surface area contributed by atoms with Crippen molar-refractivity contribution in [2.45, 2.75) is 0 Å². The number of hydrogen-bond acceptors (Lipinski definition) is 4. The van der Waals surface area contributed by atoms with Gasteiger partial charge < -0.3 is 11.1 Å². The van der Waals surface area contributed by atoms with Crippen molar-refractivity contribution in [2.75, 3.05) is 11.1 Å². The molecule has 7 heteroatoms. The molecule has 0 spiro atoms. The molecule has 0 bridgehead atoms. The minimum Gasteiger partial charge on any atom is -0.394 e. The molecule has 6 nitrogen and oxygen atoms in total. The minimum absolute atomic E-state index is 0.259. The van der Waals surface area contributed by atoms with Gasteiger partial charge in [0.1, 0.15) is 5.69 Å². The molecule has 0 saturated heterocycles. The molecule has 2 aromatic heterocycles. The predicted octanol–water partition coefficient (Wildman–Crippen LogP) is 1.30. The van der Waals surface area contributed by atoms with E-state index in [0.29, 0.717) is 16.5 Å². The summed E-state index contributed by atoms with van der Waals surface area (Å²) in [5.41, 5.74) is 6.31. The predicted molar refractivity (Wildman–Crippen MR) is 64.8 cm³/mol. The molecule has 88 valence electrons. The molecule has 0 atom stereocenters. The van der Waals surface area contributed by atoms with Gasteiger partial charge in [0.05, 0.1) is 16.9 Å². The molecule has 2 aromatic rings. The first-order valence-electron chi connectivity index (χ1n) is 4.78.